The van der Waals surface area contributed by atoms with E-state index >= 15 is 0 Å². The van der Waals surface area contributed by atoms with E-state index in [1.54, 1.807) is 35.2 Å². The molecule has 1 N–H and O–H groups in total. The molecule has 0 spiro atoms. The van der Waals surface area contributed by atoms with Crippen LogP contribution in [0.25, 0.3) is 0 Å². The molecule has 1 saturated heterocycles. The number of carbonyl (C=O) groups is 1. The first-order valence-corrected chi connectivity index (χ1v) is 10.5. The number of nitrogens with zero attached hydrogens (tertiary/aromatic N) is 3. The number of benzene rings is 1. The Balaban J connectivity index is 1.35. The van der Waals surface area contributed by atoms with Crippen LogP contribution in [0.2, 0.25) is 0 Å². The molecule has 0 unspecified atom stereocenters. The molecule has 0 aliphatic carbocycles. The third-order valence-corrected chi connectivity index (χ3v) is 6.24. The van der Waals surface area contributed by atoms with E-state index in [0.29, 0.717) is 12.5 Å². The van der Waals surface area contributed by atoms with Crippen LogP contribution in [0.5, 0.6) is 0 Å². The van der Waals surface area contributed by atoms with Gasteiger partial charge in [-0.25, -0.2) is 4.39 Å². The number of carbonyl (C=O) groups excluding carboxylic acids is 1. The number of amides is 1. The fraction of sp³-hybridized carbons (Fsp3) is 0.292. The minimum Gasteiger partial charge on any atom is -0.370 e. The molecule has 2 aliphatic heterocycles. The van der Waals surface area contributed by atoms with Crippen LogP contribution in [-0.4, -0.2) is 28.5 Å². The molecule has 7 heteroatoms. The van der Waals surface area contributed by atoms with Gasteiger partial charge in [-0.3, -0.25) is 14.6 Å². The zero-order chi connectivity index (χ0) is 21.4. The average molecular weight is 418 g/mol. The van der Waals surface area contributed by atoms with E-state index in [2.05, 4.69) is 15.2 Å². The number of fused-ring (bicyclic) bond motifs is 4. The van der Waals surface area contributed by atoms with Gasteiger partial charge in [0.05, 0.1) is 0 Å². The van der Waals surface area contributed by atoms with E-state index in [0.717, 1.165) is 36.5 Å². The van der Waals surface area contributed by atoms with Crippen LogP contribution in [0.3, 0.4) is 0 Å². The number of pyridine rings is 2. The molecule has 158 valence electrons. The molecule has 0 saturated carbocycles. The van der Waals surface area contributed by atoms with Crippen molar-refractivity contribution in [3.8, 4) is 0 Å². The summed E-state index contributed by atoms with van der Waals surface area (Å²) in [4.78, 5) is 32.2. The zero-order valence-electron chi connectivity index (χ0n) is 17.0. The standard InChI is InChI=1S/C24H23FN4O2/c25-19-3-1-16(2-4-19)12-27-23(30)21-5-6-22-18-11-17(14-29(22)24(21)31)13-28(15-18)20-7-9-26-10-8-20/h1-10,17-18H,11-15H2,(H,27,30)/t17-,18+/m0/s1. The summed E-state index contributed by atoms with van der Waals surface area (Å²) in [6.07, 6.45) is 4.65. The number of rotatable bonds is 4. The van der Waals surface area contributed by atoms with Gasteiger partial charge in [-0.15, -0.1) is 0 Å². The van der Waals surface area contributed by atoms with Crippen molar-refractivity contribution in [3.63, 3.8) is 0 Å². The predicted octanol–water partition coefficient (Wildman–Crippen LogP) is 2.94. The van der Waals surface area contributed by atoms with Crippen LogP contribution in [0, 0.1) is 11.7 Å². The molecule has 1 aromatic carbocycles. The van der Waals surface area contributed by atoms with Gasteiger partial charge in [0.15, 0.2) is 0 Å². The van der Waals surface area contributed by atoms with Gasteiger partial charge in [-0.1, -0.05) is 12.1 Å². The summed E-state index contributed by atoms with van der Waals surface area (Å²) in [7, 11) is 0. The molecule has 0 radical (unpaired) electrons. The second-order valence-electron chi connectivity index (χ2n) is 8.31. The number of hydrogen-bond donors (Lipinski definition) is 1. The SMILES string of the molecule is O=C(NCc1ccc(F)cc1)c1ccc2n(c1=O)C[C@H]1C[C@@H]2CN(c2ccncc2)C1. The van der Waals surface area contributed by atoms with Crippen molar-refractivity contribution in [3.05, 3.63) is 93.9 Å². The molecular formula is C24H23FN4O2. The molecule has 1 fully saturated rings. The van der Waals surface area contributed by atoms with Crippen LogP contribution in [0.4, 0.5) is 10.1 Å². The van der Waals surface area contributed by atoms with Crippen molar-refractivity contribution < 1.29 is 9.18 Å². The molecule has 3 aromatic rings. The fourth-order valence-electron chi connectivity index (χ4n) is 4.76. The molecular weight excluding hydrogens is 395 g/mol. The number of aromatic nitrogens is 2. The monoisotopic (exact) mass is 418 g/mol. The van der Waals surface area contributed by atoms with Gasteiger partial charge in [0, 0.05) is 55.9 Å². The highest BCUT2D eigenvalue weighted by atomic mass is 19.1. The third-order valence-electron chi connectivity index (χ3n) is 6.24. The molecule has 2 bridgehead atoms. The van der Waals surface area contributed by atoms with Crippen LogP contribution in [0.15, 0.2) is 65.7 Å². The summed E-state index contributed by atoms with van der Waals surface area (Å²) in [5.41, 5.74) is 2.84. The first-order chi connectivity index (χ1) is 15.1. The lowest BCUT2D eigenvalue weighted by molar-refractivity contribution is 0.0948. The second-order valence-corrected chi connectivity index (χ2v) is 8.31. The van der Waals surface area contributed by atoms with Gasteiger partial charge < -0.3 is 14.8 Å². The smallest absolute Gasteiger partial charge is 0.263 e. The van der Waals surface area contributed by atoms with Crippen molar-refractivity contribution in [2.75, 3.05) is 18.0 Å². The largest absolute Gasteiger partial charge is 0.370 e. The summed E-state index contributed by atoms with van der Waals surface area (Å²) in [5, 5.41) is 2.77. The molecule has 31 heavy (non-hydrogen) atoms. The Hall–Kier alpha value is -3.48. The molecule has 4 heterocycles. The minimum atomic E-state index is -0.404. The Morgan fingerprint density at radius 2 is 1.81 bits per heavy atom. The van der Waals surface area contributed by atoms with Crippen molar-refractivity contribution in [2.24, 2.45) is 5.92 Å². The molecule has 2 aromatic heterocycles. The summed E-state index contributed by atoms with van der Waals surface area (Å²) in [6, 6.07) is 13.5. The van der Waals surface area contributed by atoms with E-state index < -0.39 is 5.91 Å². The highest BCUT2D eigenvalue weighted by molar-refractivity contribution is 5.93. The van der Waals surface area contributed by atoms with E-state index in [1.165, 1.54) is 12.1 Å². The first-order valence-electron chi connectivity index (χ1n) is 10.5. The normalized spacial score (nSPS) is 19.6. The quantitative estimate of drug-likeness (QED) is 0.708. The molecule has 2 atom stereocenters. The third kappa shape index (κ3) is 3.83. The Morgan fingerprint density at radius 1 is 1.03 bits per heavy atom. The number of anilines is 1. The van der Waals surface area contributed by atoms with Crippen LogP contribution in [-0.2, 0) is 13.1 Å². The van der Waals surface area contributed by atoms with Gasteiger partial charge in [0.2, 0.25) is 0 Å². The molecule has 2 aliphatic rings. The Kier molecular flexibility index (Phi) is 5.02. The van der Waals surface area contributed by atoms with Crippen molar-refractivity contribution in [1.29, 1.82) is 0 Å². The first kappa shape index (κ1) is 19.5. The maximum absolute atomic E-state index is 13.1. The summed E-state index contributed by atoms with van der Waals surface area (Å²) >= 11 is 0. The lowest BCUT2D eigenvalue weighted by Gasteiger charge is -2.43. The van der Waals surface area contributed by atoms with Gasteiger partial charge in [0.1, 0.15) is 11.4 Å². The fourth-order valence-corrected chi connectivity index (χ4v) is 4.76. The van der Waals surface area contributed by atoms with Crippen molar-refractivity contribution >= 4 is 11.6 Å². The number of halogens is 1. The van der Waals surface area contributed by atoms with E-state index in [9.17, 15) is 14.0 Å². The lowest BCUT2D eigenvalue weighted by Crippen LogP contribution is -2.48. The predicted molar refractivity (Wildman–Crippen MR) is 116 cm³/mol. The summed E-state index contributed by atoms with van der Waals surface area (Å²) in [5.74, 6) is -0.117. The maximum atomic E-state index is 13.1. The topological polar surface area (TPSA) is 67.2 Å². The Bertz CT molecular complexity index is 1160. The maximum Gasteiger partial charge on any atom is 0.263 e. The Morgan fingerprint density at radius 3 is 2.58 bits per heavy atom. The second kappa shape index (κ2) is 7.98. The van der Waals surface area contributed by atoms with Crippen molar-refractivity contribution in [2.45, 2.75) is 25.4 Å². The summed E-state index contributed by atoms with van der Waals surface area (Å²) in [6.45, 7) is 2.58. The Labute approximate surface area is 179 Å². The van der Waals surface area contributed by atoms with Gasteiger partial charge in [0.25, 0.3) is 11.5 Å². The summed E-state index contributed by atoms with van der Waals surface area (Å²) < 4.78 is 14.8. The number of nitrogens with one attached hydrogen (secondary N) is 1. The van der Waals surface area contributed by atoms with E-state index in [-0.39, 0.29) is 29.4 Å². The lowest BCUT2D eigenvalue weighted by atomic mass is 9.82. The highest BCUT2D eigenvalue weighted by Crippen LogP contribution is 2.36. The van der Waals surface area contributed by atoms with Crippen LogP contribution >= 0.6 is 0 Å². The van der Waals surface area contributed by atoms with Gasteiger partial charge in [-0.05, 0) is 54.3 Å². The minimum absolute atomic E-state index is 0.150. The van der Waals surface area contributed by atoms with Crippen molar-refractivity contribution in [1.82, 2.24) is 14.9 Å². The highest BCUT2D eigenvalue weighted by Gasteiger charge is 2.35. The number of hydrogen-bond acceptors (Lipinski definition) is 4. The molecule has 5 rings (SSSR count). The van der Waals surface area contributed by atoms with E-state index in [1.807, 2.05) is 18.2 Å². The van der Waals surface area contributed by atoms with Crippen LogP contribution < -0.4 is 15.8 Å². The molecule has 6 nitrogen and oxygen atoms in total. The number of piperidine rings is 1. The average Bonchev–Trinajstić information content (AvgIpc) is 2.80. The van der Waals surface area contributed by atoms with E-state index in [4.69, 9.17) is 0 Å². The zero-order valence-corrected chi connectivity index (χ0v) is 17.0. The van der Waals surface area contributed by atoms with Gasteiger partial charge >= 0.3 is 0 Å². The van der Waals surface area contributed by atoms with Gasteiger partial charge in [-0.2, -0.15) is 0 Å². The van der Waals surface area contributed by atoms with Crippen LogP contribution in [0.1, 0.15) is 34.0 Å². The molecule has 1 amide bonds.